The summed E-state index contributed by atoms with van der Waals surface area (Å²) in [6.07, 6.45) is 0. The van der Waals surface area contributed by atoms with Gasteiger partial charge in [0.15, 0.2) is 11.5 Å². The maximum atomic E-state index is 12.7. The SMILES string of the molecule is COCCOc1nc(N)c2[nH]c(=O)n(Cc3ccc(C(=O)NCCOCCOCCOCCOCCOCCOCCOCCOCCOCCOCCN=[N+]=N)cc3)c2n1. The number of nitrogen functional groups attached to an aromatic ring is 1. The molecule has 61 heavy (non-hydrogen) atoms. The molecule has 5 N–H and O–H groups in total. The summed E-state index contributed by atoms with van der Waals surface area (Å²) in [4.78, 5) is 39.3. The van der Waals surface area contributed by atoms with Crippen molar-refractivity contribution in [1.82, 2.24) is 29.7 Å². The Kier molecular flexibility index (Phi) is 28.5. The van der Waals surface area contributed by atoms with Gasteiger partial charge in [-0.3, -0.25) is 9.36 Å². The van der Waals surface area contributed by atoms with E-state index in [4.69, 9.17) is 68.1 Å². The molecule has 0 aliphatic carbocycles. The van der Waals surface area contributed by atoms with Crippen LogP contribution in [-0.2, 0) is 58.7 Å². The summed E-state index contributed by atoms with van der Waals surface area (Å²) in [5, 5.41) is 6.31. The summed E-state index contributed by atoms with van der Waals surface area (Å²) in [6, 6.07) is 6.94. The Morgan fingerprint density at radius 2 is 1.15 bits per heavy atom. The van der Waals surface area contributed by atoms with Crippen molar-refractivity contribution >= 4 is 22.9 Å². The average molecular weight is 869 g/mol. The van der Waals surface area contributed by atoms with Gasteiger partial charge in [-0.25, -0.2) is 4.79 Å². The number of H-pyrrole nitrogens is 1. The fourth-order valence-electron chi connectivity index (χ4n) is 4.98. The predicted molar refractivity (Wildman–Crippen MR) is 218 cm³/mol. The fraction of sp³-hybridized carbons (Fsp3) is 0.684. The molecule has 2 heterocycles. The Morgan fingerprint density at radius 1 is 0.689 bits per heavy atom. The number of nitrogens with two attached hydrogens (primary N) is 1. The van der Waals surface area contributed by atoms with Crippen molar-refractivity contribution in [2.75, 3.05) is 171 Å². The van der Waals surface area contributed by atoms with Crippen molar-refractivity contribution in [2.24, 2.45) is 5.11 Å². The number of benzene rings is 1. The van der Waals surface area contributed by atoms with Crippen LogP contribution in [0.15, 0.2) is 34.2 Å². The number of rotatable bonds is 40. The molecule has 0 atom stereocenters. The van der Waals surface area contributed by atoms with Crippen molar-refractivity contribution in [3.05, 3.63) is 45.9 Å². The van der Waals surface area contributed by atoms with E-state index in [2.05, 4.69) is 30.3 Å². The summed E-state index contributed by atoms with van der Waals surface area (Å²) in [6.45, 7) is 10.5. The molecule has 342 valence electrons. The molecule has 1 aromatic carbocycles. The number of methoxy groups -OCH3 is 1. The number of nitrogens with one attached hydrogen (secondary N) is 3. The lowest BCUT2D eigenvalue weighted by molar-refractivity contribution is -0.0262. The van der Waals surface area contributed by atoms with Crippen LogP contribution in [0.4, 0.5) is 5.82 Å². The molecular formula is C38H62N9O14+. The van der Waals surface area contributed by atoms with Crippen LogP contribution in [0.5, 0.6) is 6.01 Å². The van der Waals surface area contributed by atoms with Gasteiger partial charge in [0.25, 0.3) is 5.91 Å². The van der Waals surface area contributed by atoms with Crippen LogP contribution >= 0.6 is 0 Å². The molecule has 0 fully saturated rings. The van der Waals surface area contributed by atoms with Crippen LogP contribution in [0.2, 0.25) is 0 Å². The van der Waals surface area contributed by atoms with Crippen LogP contribution in [0.1, 0.15) is 15.9 Å². The molecule has 0 aliphatic heterocycles. The fourth-order valence-corrected chi connectivity index (χ4v) is 4.98. The number of hydrogen-bond donors (Lipinski definition) is 4. The maximum Gasteiger partial charge on any atom is 0.328 e. The standard InChI is InChI=1S/C38H61N9O14/c1-50-10-29-61-37-44-34(39)33-35(45-37)47(38(49)43-33)30-31-2-4-32(5-3-31)36(48)41-6-8-51-11-13-53-15-17-55-19-21-57-23-25-59-27-28-60-26-24-58-22-20-56-18-16-54-14-12-52-9-7-42-46-40/h2-5,39H,6-30H2,1H3,(H3,40,41,42,48)/p+1. The molecule has 0 radical (unpaired) electrons. The Bertz CT molecular complexity index is 1690. The first-order chi connectivity index (χ1) is 30.0. The normalized spacial score (nSPS) is 11.3. The van der Waals surface area contributed by atoms with E-state index in [1.807, 2.05) is 0 Å². The van der Waals surface area contributed by atoms with E-state index in [0.29, 0.717) is 169 Å². The third kappa shape index (κ3) is 23.3. The van der Waals surface area contributed by atoms with E-state index >= 15 is 0 Å². The molecule has 23 heteroatoms. The number of hydrogen-bond acceptors (Lipinski definition) is 19. The third-order valence-electron chi connectivity index (χ3n) is 7.99. The average Bonchev–Trinajstić information content (AvgIpc) is 3.58. The van der Waals surface area contributed by atoms with Crippen LogP contribution < -0.4 is 26.4 Å². The van der Waals surface area contributed by atoms with Gasteiger partial charge >= 0.3 is 11.7 Å². The van der Waals surface area contributed by atoms with E-state index < -0.39 is 5.69 Å². The van der Waals surface area contributed by atoms with Crippen molar-refractivity contribution in [2.45, 2.75) is 6.54 Å². The lowest BCUT2D eigenvalue weighted by Gasteiger charge is -2.09. The van der Waals surface area contributed by atoms with Crippen LogP contribution in [0.3, 0.4) is 0 Å². The Labute approximate surface area is 354 Å². The summed E-state index contributed by atoms with van der Waals surface area (Å²) in [5.74, 6) is -0.148. The number of carbonyl (C=O) groups is 1. The van der Waals surface area contributed by atoms with Crippen LogP contribution in [0.25, 0.3) is 11.2 Å². The van der Waals surface area contributed by atoms with Crippen molar-refractivity contribution < 1.29 is 61.6 Å². The first-order valence-electron chi connectivity index (χ1n) is 20.1. The lowest BCUT2D eigenvalue weighted by atomic mass is 10.1. The second-order valence-corrected chi connectivity index (χ2v) is 12.5. The highest BCUT2D eigenvalue weighted by molar-refractivity contribution is 5.94. The van der Waals surface area contributed by atoms with E-state index in [1.165, 1.54) is 4.57 Å². The summed E-state index contributed by atoms with van der Waals surface area (Å²) < 4.78 is 66.4. The molecule has 0 aliphatic rings. The third-order valence-corrected chi connectivity index (χ3v) is 7.99. The number of nitrogens with zero attached hydrogens (tertiary/aromatic N) is 5. The van der Waals surface area contributed by atoms with Gasteiger partial charge < -0.3 is 72.9 Å². The van der Waals surface area contributed by atoms with Gasteiger partial charge in [-0.05, 0) is 17.7 Å². The molecule has 0 saturated carbocycles. The number of fused-ring (bicyclic) bond motifs is 1. The zero-order chi connectivity index (χ0) is 43.4. The van der Waals surface area contributed by atoms with Crippen molar-refractivity contribution in [1.29, 1.82) is 5.53 Å². The van der Waals surface area contributed by atoms with Gasteiger partial charge in [-0.1, -0.05) is 12.1 Å². The Morgan fingerprint density at radius 3 is 1.61 bits per heavy atom. The first kappa shape index (κ1) is 50.9. The quantitative estimate of drug-likeness (QED) is 0.0338. The van der Waals surface area contributed by atoms with E-state index in [9.17, 15) is 9.59 Å². The zero-order valence-corrected chi connectivity index (χ0v) is 35.0. The summed E-state index contributed by atoms with van der Waals surface area (Å²) in [7, 11) is 1.55. The molecular weight excluding hydrogens is 806 g/mol. The van der Waals surface area contributed by atoms with Gasteiger partial charge in [0.1, 0.15) is 29.3 Å². The molecule has 0 saturated heterocycles. The van der Waals surface area contributed by atoms with Crippen molar-refractivity contribution in [3.63, 3.8) is 0 Å². The monoisotopic (exact) mass is 868 g/mol. The van der Waals surface area contributed by atoms with Crippen LogP contribution in [0, 0.1) is 5.53 Å². The van der Waals surface area contributed by atoms with Gasteiger partial charge in [0.05, 0.1) is 145 Å². The number of anilines is 1. The van der Waals surface area contributed by atoms with Crippen LogP contribution in [-0.4, -0.2) is 191 Å². The molecule has 0 bridgehead atoms. The highest BCUT2D eigenvalue weighted by Gasteiger charge is 2.15. The molecule has 0 spiro atoms. The lowest BCUT2D eigenvalue weighted by Crippen LogP contribution is -2.27. The van der Waals surface area contributed by atoms with Gasteiger partial charge in [-0.2, -0.15) is 9.97 Å². The maximum absolute atomic E-state index is 12.7. The van der Waals surface area contributed by atoms with Gasteiger partial charge in [0, 0.05) is 19.2 Å². The second kappa shape index (κ2) is 34.1. The predicted octanol–water partition coefficient (Wildman–Crippen LogP) is 0.221. The highest BCUT2D eigenvalue weighted by Crippen LogP contribution is 2.18. The Balaban J connectivity index is 1.04. The van der Waals surface area contributed by atoms with E-state index in [0.717, 1.165) is 5.56 Å². The zero-order valence-electron chi connectivity index (χ0n) is 35.0. The minimum Gasteiger partial charge on any atom is -0.461 e. The topological polar surface area (TPSA) is 280 Å². The second-order valence-electron chi connectivity index (χ2n) is 12.5. The molecule has 2 aromatic heterocycles. The largest absolute Gasteiger partial charge is 0.461 e. The minimum atomic E-state index is -0.398. The number of ether oxygens (including phenoxy) is 12. The minimum absolute atomic E-state index is 0.0419. The summed E-state index contributed by atoms with van der Waals surface area (Å²) in [5.41, 5.74) is 14.0. The number of amides is 1. The number of imidazole rings is 1. The summed E-state index contributed by atoms with van der Waals surface area (Å²) >= 11 is 0. The number of aromatic nitrogens is 4. The number of carbonyl (C=O) groups excluding carboxylic acids is 1. The molecule has 23 nitrogen and oxygen atoms in total. The van der Waals surface area contributed by atoms with Gasteiger partial charge in [-0.15, -0.1) is 0 Å². The first-order valence-corrected chi connectivity index (χ1v) is 20.1. The molecule has 3 aromatic rings. The van der Waals surface area contributed by atoms with Gasteiger partial charge in [0.2, 0.25) is 4.91 Å². The molecule has 0 unspecified atom stereocenters. The smallest absolute Gasteiger partial charge is 0.328 e. The highest BCUT2D eigenvalue weighted by atomic mass is 16.6. The van der Waals surface area contributed by atoms with Crippen molar-refractivity contribution in [3.8, 4) is 6.01 Å². The molecule has 1 amide bonds. The van der Waals surface area contributed by atoms with E-state index in [1.54, 1.807) is 31.4 Å². The Hall–Kier alpha value is -4.49. The van der Waals surface area contributed by atoms with E-state index in [-0.39, 0.29) is 30.9 Å². The molecule has 3 rings (SSSR count). The number of aromatic amines is 1.